The van der Waals surface area contributed by atoms with Crippen LogP contribution in [-0.2, 0) is 10.0 Å². The number of nitriles is 1. The standard InChI is InChI=1S/C11H14N2O2S2/c1-9-2-5-13(6-3-9)17(14,15)11-4-7-16-10(11)8-12/h4,7,9H,2-3,5-6H2,1H3. The summed E-state index contributed by atoms with van der Waals surface area (Å²) in [5.74, 6) is 0.583. The summed E-state index contributed by atoms with van der Waals surface area (Å²) in [6.45, 7) is 3.25. The Balaban J connectivity index is 2.29. The van der Waals surface area contributed by atoms with Gasteiger partial charge in [0.05, 0.1) is 0 Å². The molecule has 0 spiro atoms. The van der Waals surface area contributed by atoms with Gasteiger partial charge in [-0.15, -0.1) is 11.3 Å². The molecule has 0 bridgehead atoms. The quantitative estimate of drug-likeness (QED) is 0.826. The van der Waals surface area contributed by atoms with E-state index in [1.54, 1.807) is 5.38 Å². The van der Waals surface area contributed by atoms with Crippen molar-refractivity contribution in [2.75, 3.05) is 13.1 Å². The molecule has 2 rings (SSSR count). The third kappa shape index (κ3) is 2.37. The van der Waals surface area contributed by atoms with Crippen molar-refractivity contribution in [3.05, 3.63) is 16.3 Å². The zero-order valence-electron chi connectivity index (χ0n) is 9.59. The molecule has 1 aromatic heterocycles. The molecule has 0 unspecified atom stereocenters. The molecule has 0 aliphatic carbocycles. The summed E-state index contributed by atoms with van der Waals surface area (Å²) in [7, 11) is -3.46. The number of piperidine rings is 1. The predicted molar refractivity (Wildman–Crippen MR) is 66.2 cm³/mol. The highest BCUT2D eigenvalue weighted by Crippen LogP contribution is 2.27. The van der Waals surface area contributed by atoms with Gasteiger partial charge in [-0.3, -0.25) is 0 Å². The largest absolute Gasteiger partial charge is 0.245 e. The first-order valence-corrected chi connectivity index (χ1v) is 7.85. The van der Waals surface area contributed by atoms with Crippen LogP contribution in [0, 0.1) is 17.2 Å². The summed E-state index contributed by atoms with van der Waals surface area (Å²) >= 11 is 1.17. The zero-order chi connectivity index (χ0) is 12.5. The van der Waals surface area contributed by atoms with Gasteiger partial charge < -0.3 is 0 Å². The highest BCUT2D eigenvalue weighted by Gasteiger charge is 2.30. The molecule has 2 heterocycles. The van der Waals surface area contributed by atoms with Crippen molar-refractivity contribution in [3.8, 4) is 6.07 Å². The monoisotopic (exact) mass is 270 g/mol. The maximum atomic E-state index is 12.3. The zero-order valence-corrected chi connectivity index (χ0v) is 11.2. The SMILES string of the molecule is CC1CCN(S(=O)(=O)c2ccsc2C#N)CC1. The van der Waals surface area contributed by atoms with E-state index in [1.807, 2.05) is 6.07 Å². The molecule has 17 heavy (non-hydrogen) atoms. The van der Waals surface area contributed by atoms with Gasteiger partial charge in [0.1, 0.15) is 15.8 Å². The van der Waals surface area contributed by atoms with Crippen LogP contribution in [-0.4, -0.2) is 25.8 Å². The molecular weight excluding hydrogens is 256 g/mol. The minimum absolute atomic E-state index is 0.166. The van der Waals surface area contributed by atoms with E-state index in [2.05, 4.69) is 6.92 Å². The molecule has 0 atom stereocenters. The van der Waals surface area contributed by atoms with E-state index >= 15 is 0 Å². The number of hydrogen-bond donors (Lipinski definition) is 0. The summed E-state index contributed by atoms with van der Waals surface area (Å²) in [6.07, 6.45) is 1.79. The molecule has 0 aromatic carbocycles. The Bertz CT molecular complexity index is 534. The van der Waals surface area contributed by atoms with Crippen LogP contribution >= 0.6 is 11.3 Å². The van der Waals surface area contributed by atoms with Crippen LogP contribution in [0.5, 0.6) is 0 Å². The van der Waals surface area contributed by atoms with Gasteiger partial charge >= 0.3 is 0 Å². The second kappa shape index (κ2) is 4.77. The molecular formula is C11H14N2O2S2. The summed E-state index contributed by atoms with van der Waals surface area (Å²) in [5, 5.41) is 10.5. The second-order valence-corrected chi connectivity index (χ2v) is 7.13. The Hall–Kier alpha value is -0.900. The fourth-order valence-electron chi connectivity index (χ4n) is 1.95. The number of sulfonamides is 1. The van der Waals surface area contributed by atoms with Crippen LogP contribution in [0.1, 0.15) is 24.6 Å². The number of nitrogens with zero attached hydrogens (tertiary/aromatic N) is 2. The minimum atomic E-state index is -3.46. The lowest BCUT2D eigenvalue weighted by Gasteiger charge is -2.29. The smallest absolute Gasteiger partial charge is 0.207 e. The highest BCUT2D eigenvalue weighted by atomic mass is 32.2. The van der Waals surface area contributed by atoms with E-state index in [1.165, 1.54) is 21.7 Å². The Morgan fingerprint density at radius 2 is 2.12 bits per heavy atom. The maximum absolute atomic E-state index is 12.3. The molecule has 1 fully saturated rings. The Morgan fingerprint density at radius 1 is 1.47 bits per heavy atom. The molecule has 6 heteroatoms. The predicted octanol–water partition coefficient (Wildman–Crippen LogP) is 2.04. The fraction of sp³-hybridized carbons (Fsp3) is 0.545. The molecule has 1 aliphatic heterocycles. The van der Waals surface area contributed by atoms with E-state index < -0.39 is 10.0 Å². The van der Waals surface area contributed by atoms with Crippen molar-refractivity contribution in [3.63, 3.8) is 0 Å². The van der Waals surface area contributed by atoms with Crippen molar-refractivity contribution in [1.29, 1.82) is 5.26 Å². The molecule has 1 aromatic rings. The second-order valence-electron chi connectivity index (χ2n) is 4.31. The summed E-state index contributed by atoms with van der Waals surface area (Å²) in [4.78, 5) is 0.447. The van der Waals surface area contributed by atoms with Gasteiger partial charge in [0.15, 0.2) is 0 Å². The van der Waals surface area contributed by atoms with Crippen molar-refractivity contribution < 1.29 is 8.42 Å². The van der Waals surface area contributed by atoms with E-state index in [0.717, 1.165) is 12.8 Å². The summed E-state index contributed by atoms with van der Waals surface area (Å²) in [5.41, 5.74) is 0. The Kier molecular flexibility index (Phi) is 3.52. The van der Waals surface area contributed by atoms with Crippen molar-refractivity contribution in [2.45, 2.75) is 24.7 Å². The van der Waals surface area contributed by atoms with Gasteiger partial charge in [-0.05, 0) is 30.2 Å². The summed E-state index contributed by atoms with van der Waals surface area (Å²) < 4.78 is 26.1. The number of rotatable bonds is 2. The highest BCUT2D eigenvalue weighted by molar-refractivity contribution is 7.89. The van der Waals surface area contributed by atoms with Crippen molar-refractivity contribution in [2.24, 2.45) is 5.92 Å². The molecule has 0 N–H and O–H groups in total. The first-order valence-electron chi connectivity index (χ1n) is 5.53. The van der Waals surface area contributed by atoms with Gasteiger partial charge in [0.25, 0.3) is 0 Å². The van der Waals surface area contributed by atoms with Crippen LogP contribution in [0.4, 0.5) is 0 Å². The fourth-order valence-corrected chi connectivity index (χ4v) is 4.56. The number of thiophene rings is 1. The van der Waals surface area contributed by atoms with E-state index in [4.69, 9.17) is 5.26 Å². The van der Waals surface area contributed by atoms with Crippen molar-refractivity contribution in [1.82, 2.24) is 4.31 Å². The molecule has 0 amide bonds. The third-order valence-corrected chi connectivity index (χ3v) is 5.98. The molecule has 0 saturated carbocycles. The minimum Gasteiger partial charge on any atom is -0.207 e. The maximum Gasteiger partial charge on any atom is 0.245 e. The van der Waals surface area contributed by atoms with Gasteiger partial charge in [-0.25, -0.2) is 8.42 Å². The van der Waals surface area contributed by atoms with E-state index in [9.17, 15) is 8.42 Å². The van der Waals surface area contributed by atoms with E-state index in [-0.39, 0.29) is 9.77 Å². The van der Waals surface area contributed by atoms with Crippen LogP contribution < -0.4 is 0 Å². The molecule has 1 aliphatic rings. The van der Waals surface area contributed by atoms with Crippen LogP contribution in [0.3, 0.4) is 0 Å². The lowest BCUT2D eigenvalue weighted by atomic mass is 10.0. The molecule has 0 radical (unpaired) electrons. The lowest BCUT2D eigenvalue weighted by Crippen LogP contribution is -2.37. The molecule has 1 saturated heterocycles. The first-order chi connectivity index (χ1) is 8.05. The molecule has 92 valence electrons. The molecule has 4 nitrogen and oxygen atoms in total. The van der Waals surface area contributed by atoms with Crippen molar-refractivity contribution >= 4 is 21.4 Å². The normalized spacial score (nSPS) is 19.1. The van der Waals surface area contributed by atoms with E-state index in [0.29, 0.717) is 19.0 Å². The van der Waals surface area contributed by atoms with Gasteiger partial charge in [0, 0.05) is 13.1 Å². The third-order valence-electron chi connectivity index (χ3n) is 3.09. The first kappa shape index (κ1) is 12.6. The summed E-state index contributed by atoms with van der Waals surface area (Å²) in [6, 6.07) is 3.47. The van der Waals surface area contributed by atoms with Gasteiger partial charge in [-0.1, -0.05) is 6.92 Å². The van der Waals surface area contributed by atoms with Crippen LogP contribution in [0.2, 0.25) is 0 Å². The lowest BCUT2D eigenvalue weighted by molar-refractivity contribution is 0.288. The van der Waals surface area contributed by atoms with Gasteiger partial charge in [0.2, 0.25) is 10.0 Å². The average molecular weight is 270 g/mol. The van der Waals surface area contributed by atoms with Crippen LogP contribution in [0.25, 0.3) is 0 Å². The van der Waals surface area contributed by atoms with Gasteiger partial charge in [-0.2, -0.15) is 9.57 Å². The number of hydrogen-bond acceptors (Lipinski definition) is 4. The topological polar surface area (TPSA) is 61.2 Å². The van der Waals surface area contributed by atoms with Crippen LogP contribution in [0.15, 0.2) is 16.3 Å². The Labute approximate surface area is 106 Å². The average Bonchev–Trinajstić information content (AvgIpc) is 2.78. The Morgan fingerprint density at radius 3 is 2.71 bits per heavy atom.